The standard InChI is InChI=1S/C17H16N2O3/c1-21-15-5-3-2-4-12(15)8-9-18-17(20)13-6-7-14-16(10-13)22-11-19-14/h2-7,10-11H,8-9H2,1H3,(H,18,20). The van der Waals surface area contributed by atoms with Crippen LogP contribution in [0.4, 0.5) is 0 Å². The minimum atomic E-state index is -0.131. The molecular formula is C17H16N2O3. The van der Waals surface area contributed by atoms with Crippen LogP contribution in [0.2, 0.25) is 0 Å². The molecule has 5 nitrogen and oxygen atoms in total. The molecule has 3 aromatic rings. The molecule has 1 N–H and O–H groups in total. The summed E-state index contributed by atoms with van der Waals surface area (Å²) < 4.78 is 10.5. The van der Waals surface area contributed by atoms with E-state index in [9.17, 15) is 4.79 Å². The van der Waals surface area contributed by atoms with E-state index in [0.29, 0.717) is 24.1 Å². The number of methoxy groups -OCH3 is 1. The van der Waals surface area contributed by atoms with Gasteiger partial charge in [-0.1, -0.05) is 18.2 Å². The monoisotopic (exact) mass is 296 g/mol. The largest absolute Gasteiger partial charge is 0.496 e. The van der Waals surface area contributed by atoms with Crippen LogP contribution in [0.3, 0.4) is 0 Å². The summed E-state index contributed by atoms with van der Waals surface area (Å²) in [5.74, 6) is 0.702. The zero-order valence-electron chi connectivity index (χ0n) is 12.2. The van der Waals surface area contributed by atoms with Gasteiger partial charge in [0.05, 0.1) is 7.11 Å². The van der Waals surface area contributed by atoms with Crippen LogP contribution in [0.15, 0.2) is 53.3 Å². The second-order valence-corrected chi connectivity index (χ2v) is 4.85. The number of oxazole rings is 1. The van der Waals surface area contributed by atoms with Gasteiger partial charge in [0, 0.05) is 12.1 Å². The molecule has 0 bridgehead atoms. The van der Waals surface area contributed by atoms with Crippen molar-refractivity contribution in [3.8, 4) is 5.75 Å². The predicted molar refractivity (Wildman–Crippen MR) is 83.0 cm³/mol. The molecule has 3 rings (SSSR count). The molecule has 1 aromatic heterocycles. The average molecular weight is 296 g/mol. The van der Waals surface area contributed by atoms with Gasteiger partial charge in [-0.25, -0.2) is 4.98 Å². The Morgan fingerprint density at radius 1 is 1.27 bits per heavy atom. The van der Waals surface area contributed by atoms with Gasteiger partial charge in [0.1, 0.15) is 11.3 Å². The van der Waals surface area contributed by atoms with Crippen LogP contribution in [-0.4, -0.2) is 24.5 Å². The zero-order valence-corrected chi connectivity index (χ0v) is 12.2. The predicted octanol–water partition coefficient (Wildman–Crippen LogP) is 2.81. The third-order valence-corrected chi connectivity index (χ3v) is 3.47. The molecule has 0 fully saturated rings. The maximum Gasteiger partial charge on any atom is 0.251 e. The minimum Gasteiger partial charge on any atom is -0.496 e. The number of benzene rings is 2. The zero-order chi connectivity index (χ0) is 15.4. The van der Waals surface area contributed by atoms with Crippen molar-refractivity contribution in [3.05, 3.63) is 60.0 Å². The van der Waals surface area contributed by atoms with Crippen LogP contribution in [0.1, 0.15) is 15.9 Å². The van der Waals surface area contributed by atoms with Crippen LogP contribution in [0.5, 0.6) is 5.75 Å². The minimum absolute atomic E-state index is 0.131. The lowest BCUT2D eigenvalue weighted by atomic mass is 10.1. The Bertz CT molecular complexity index is 795. The number of para-hydroxylation sites is 1. The van der Waals surface area contributed by atoms with Crippen LogP contribution in [0.25, 0.3) is 11.1 Å². The molecule has 1 amide bonds. The molecule has 0 radical (unpaired) electrons. The molecule has 0 spiro atoms. The van der Waals surface area contributed by atoms with E-state index in [1.807, 2.05) is 24.3 Å². The van der Waals surface area contributed by atoms with E-state index in [2.05, 4.69) is 10.3 Å². The molecule has 112 valence electrons. The van der Waals surface area contributed by atoms with E-state index < -0.39 is 0 Å². The number of hydrogen-bond acceptors (Lipinski definition) is 4. The second kappa shape index (κ2) is 6.30. The normalized spacial score (nSPS) is 10.6. The summed E-state index contributed by atoms with van der Waals surface area (Å²) in [5.41, 5.74) is 2.98. The molecular weight excluding hydrogens is 280 g/mol. The van der Waals surface area contributed by atoms with Crippen molar-refractivity contribution in [2.75, 3.05) is 13.7 Å². The van der Waals surface area contributed by atoms with Crippen molar-refractivity contribution >= 4 is 17.0 Å². The smallest absolute Gasteiger partial charge is 0.251 e. The lowest BCUT2D eigenvalue weighted by Crippen LogP contribution is -2.25. The highest BCUT2D eigenvalue weighted by Crippen LogP contribution is 2.17. The summed E-state index contributed by atoms with van der Waals surface area (Å²) in [4.78, 5) is 16.2. The fourth-order valence-electron chi connectivity index (χ4n) is 2.32. The lowest BCUT2D eigenvalue weighted by molar-refractivity contribution is 0.0954. The first kappa shape index (κ1) is 14.1. The van der Waals surface area contributed by atoms with Gasteiger partial charge >= 0.3 is 0 Å². The SMILES string of the molecule is COc1ccccc1CCNC(=O)c1ccc2ncoc2c1. The molecule has 0 aliphatic rings. The number of aromatic nitrogens is 1. The van der Waals surface area contributed by atoms with Gasteiger partial charge in [0.25, 0.3) is 5.91 Å². The highest BCUT2D eigenvalue weighted by molar-refractivity contribution is 5.96. The first-order valence-electron chi connectivity index (χ1n) is 7.01. The first-order chi connectivity index (χ1) is 10.8. The van der Waals surface area contributed by atoms with E-state index in [1.54, 1.807) is 25.3 Å². The van der Waals surface area contributed by atoms with Crippen molar-refractivity contribution < 1.29 is 13.9 Å². The van der Waals surface area contributed by atoms with Gasteiger partial charge in [-0.05, 0) is 36.2 Å². The Morgan fingerprint density at radius 2 is 2.14 bits per heavy atom. The average Bonchev–Trinajstić information content (AvgIpc) is 3.02. The Kier molecular flexibility index (Phi) is 4.05. The van der Waals surface area contributed by atoms with Crippen molar-refractivity contribution in [1.82, 2.24) is 10.3 Å². The topological polar surface area (TPSA) is 64.4 Å². The Balaban J connectivity index is 1.62. The quantitative estimate of drug-likeness (QED) is 0.786. The Labute approximate surface area is 127 Å². The molecule has 0 saturated heterocycles. The number of hydrogen-bond donors (Lipinski definition) is 1. The van der Waals surface area contributed by atoms with Gasteiger partial charge in [-0.15, -0.1) is 0 Å². The summed E-state index contributed by atoms with van der Waals surface area (Å²) in [7, 11) is 1.64. The van der Waals surface area contributed by atoms with Gasteiger partial charge in [0.2, 0.25) is 0 Å². The Morgan fingerprint density at radius 3 is 3.00 bits per heavy atom. The van der Waals surface area contributed by atoms with Gasteiger partial charge in [0.15, 0.2) is 12.0 Å². The van der Waals surface area contributed by atoms with Gasteiger partial charge in [-0.2, -0.15) is 0 Å². The molecule has 0 unspecified atom stereocenters. The highest BCUT2D eigenvalue weighted by Gasteiger charge is 2.08. The van der Waals surface area contributed by atoms with Crippen LogP contribution in [-0.2, 0) is 6.42 Å². The van der Waals surface area contributed by atoms with Gasteiger partial charge in [-0.3, -0.25) is 4.79 Å². The van der Waals surface area contributed by atoms with E-state index in [4.69, 9.17) is 9.15 Å². The van der Waals surface area contributed by atoms with Gasteiger partial charge < -0.3 is 14.5 Å². The molecule has 0 aliphatic carbocycles. The molecule has 2 aromatic carbocycles. The fourth-order valence-corrected chi connectivity index (χ4v) is 2.32. The molecule has 5 heteroatoms. The summed E-state index contributed by atoms with van der Waals surface area (Å²) in [6.07, 6.45) is 2.08. The maximum atomic E-state index is 12.2. The van der Waals surface area contributed by atoms with E-state index in [1.165, 1.54) is 6.39 Å². The van der Waals surface area contributed by atoms with Crippen molar-refractivity contribution in [3.63, 3.8) is 0 Å². The summed E-state index contributed by atoms with van der Waals surface area (Å²) in [5, 5.41) is 2.90. The number of rotatable bonds is 5. The summed E-state index contributed by atoms with van der Waals surface area (Å²) in [6.45, 7) is 0.535. The van der Waals surface area contributed by atoms with E-state index >= 15 is 0 Å². The molecule has 22 heavy (non-hydrogen) atoms. The van der Waals surface area contributed by atoms with Crippen LogP contribution >= 0.6 is 0 Å². The van der Waals surface area contributed by atoms with Crippen LogP contribution in [0, 0.1) is 0 Å². The molecule has 0 saturated carbocycles. The number of nitrogens with zero attached hydrogens (tertiary/aromatic N) is 1. The number of fused-ring (bicyclic) bond motifs is 1. The Hall–Kier alpha value is -2.82. The third kappa shape index (κ3) is 2.93. The molecule has 0 atom stereocenters. The maximum absolute atomic E-state index is 12.2. The molecule has 0 aliphatic heterocycles. The number of ether oxygens (including phenoxy) is 1. The van der Waals surface area contributed by atoms with E-state index in [0.717, 1.165) is 16.8 Å². The van der Waals surface area contributed by atoms with Crippen LogP contribution < -0.4 is 10.1 Å². The van der Waals surface area contributed by atoms with Crippen molar-refractivity contribution in [2.24, 2.45) is 0 Å². The van der Waals surface area contributed by atoms with Crippen molar-refractivity contribution in [1.29, 1.82) is 0 Å². The molecule has 1 heterocycles. The fraction of sp³-hybridized carbons (Fsp3) is 0.176. The van der Waals surface area contributed by atoms with E-state index in [-0.39, 0.29) is 5.91 Å². The number of carbonyl (C=O) groups excluding carboxylic acids is 1. The third-order valence-electron chi connectivity index (χ3n) is 3.47. The second-order valence-electron chi connectivity index (χ2n) is 4.85. The number of carbonyl (C=O) groups is 1. The summed E-state index contributed by atoms with van der Waals surface area (Å²) >= 11 is 0. The first-order valence-corrected chi connectivity index (χ1v) is 7.01. The number of nitrogens with one attached hydrogen (secondary N) is 1. The number of amides is 1. The highest BCUT2D eigenvalue weighted by atomic mass is 16.5. The van der Waals surface area contributed by atoms with Crippen molar-refractivity contribution in [2.45, 2.75) is 6.42 Å². The summed E-state index contributed by atoms with van der Waals surface area (Å²) in [6, 6.07) is 13.0. The lowest BCUT2D eigenvalue weighted by Gasteiger charge is -2.09.